The van der Waals surface area contributed by atoms with Crippen molar-refractivity contribution in [2.75, 3.05) is 13.2 Å². The van der Waals surface area contributed by atoms with Crippen LogP contribution >= 0.6 is 0 Å². The van der Waals surface area contributed by atoms with E-state index in [1.807, 2.05) is 20.8 Å². The summed E-state index contributed by atoms with van der Waals surface area (Å²) in [4.78, 5) is 9.00. The van der Waals surface area contributed by atoms with Gasteiger partial charge in [-0.05, 0) is 20.8 Å². The van der Waals surface area contributed by atoms with Crippen molar-refractivity contribution in [2.45, 2.75) is 34.0 Å². The van der Waals surface area contributed by atoms with Crippen LogP contribution in [-0.4, -0.2) is 30.6 Å². The summed E-state index contributed by atoms with van der Waals surface area (Å²) < 4.78 is 10.1. The van der Waals surface area contributed by atoms with E-state index < -0.39 is 5.97 Å². The van der Waals surface area contributed by atoms with Crippen LogP contribution in [0.1, 0.15) is 27.7 Å². The van der Waals surface area contributed by atoms with Crippen LogP contribution in [0.15, 0.2) is 0 Å². The first-order chi connectivity index (χ1) is 5.54. The molecule has 0 atom stereocenters. The molecule has 0 fully saturated rings. The summed E-state index contributed by atoms with van der Waals surface area (Å²) in [7, 11) is 0. The van der Waals surface area contributed by atoms with Crippen LogP contribution in [0, 0.1) is 0 Å². The molecule has 0 aliphatic rings. The van der Waals surface area contributed by atoms with Crippen molar-refractivity contribution in [1.29, 1.82) is 0 Å². The molecule has 76 valence electrons. The first-order valence-corrected chi connectivity index (χ1v) is 3.97. The van der Waals surface area contributed by atoms with Gasteiger partial charge in [0.25, 0.3) is 5.97 Å². The summed E-state index contributed by atoms with van der Waals surface area (Å²) in [6, 6.07) is 0. The first kappa shape index (κ1) is 18.7. The maximum Gasteiger partial charge on any atom is 0.300 e. The second kappa shape index (κ2) is 14.5. The Labute approximate surface area is 92.4 Å². The zero-order chi connectivity index (χ0) is 9.98. The van der Waals surface area contributed by atoms with Gasteiger partial charge in [-0.1, -0.05) is 0 Å². The molecule has 0 spiro atoms. The molecule has 5 heteroatoms. The number of aliphatic carboxylic acids is 1. The Morgan fingerprint density at radius 3 is 1.69 bits per heavy atom. The van der Waals surface area contributed by atoms with Gasteiger partial charge in [0.15, 0.2) is 6.29 Å². The minimum atomic E-state index is -0.833. The van der Waals surface area contributed by atoms with Crippen LogP contribution in [0.3, 0.4) is 0 Å². The maximum atomic E-state index is 9.00. The first-order valence-electron chi connectivity index (χ1n) is 3.97. The minimum Gasteiger partial charge on any atom is -0.481 e. The molecule has 0 aromatic carbocycles. The summed E-state index contributed by atoms with van der Waals surface area (Å²) in [6.07, 6.45) is -0.0370. The number of hydrogen-bond acceptors (Lipinski definition) is 3. The van der Waals surface area contributed by atoms with E-state index in [1.54, 1.807) is 0 Å². The number of carbonyl (C=O) groups is 1. The van der Waals surface area contributed by atoms with Crippen molar-refractivity contribution in [3.63, 3.8) is 0 Å². The van der Waals surface area contributed by atoms with Crippen molar-refractivity contribution in [2.24, 2.45) is 0 Å². The third kappa shape index (κ3) is 33.3. The van der Waals surface area contributed by atoms with E-state index in [1.165, 1.54) is 0 Å². The van der Waals surface area contributed by atoms with Crippen molar-refractivity contribution in [1.82, 2.24) is 0 Å². The standard InChI is InChI=1S/C6H14O2.C2H4O2.Zn/c1-4-7-6(3)8-5-2;1-2(3)4;/h6H,4-5H2,1-3H3;1H3,(H,3,4);. The molecule has 0 unspecified atom stereocenters. The van der Waals surface area contributed by atoms with Crippen molar-refractivity contribution in [3.8, 4) is 0 Å². The van der Waals surface area contributed by atoms with Crippen LogP contribution in [0.4, 0.5) is 0 Å². The van der Waals surface area contributed by atoms with E-state index in [9.17, 15) is 0 Å². The van der Waals surface area contributed by atoms with Crippen LogP contribution < -0.4 is 0 Å². The number of ether oxygens (including phenoxy) is 2. The fraction of sp³-hybridized carbons (Fsp3) is 0.875. The number of carboxylic acid groups (broad SMARTS) is 1. The zero-order valence-corrected chi connectivity index (χ0v) is 11.8. The molecule has 0 rings (SSSR count). The molecule has 0 saturated heterocycles. The van der Waals surface area contributed by atoms with Gasteiger partial charge in [0.1, 0.15) is 0 Å². The van der Waals surface area contributed by atoms with Crippen molar-refractivity contribution >= 4 is 5.97 Å². The van der Waals surface area contributed by atoms with E-state index in [0.29, 0.717) is 0 Å². The van der Waals surface area contributed by atoms with E-state index in [4.69, 9.17) is 19.4 Å². The predicted octanol–water partition coefficient (Wildman–Crippen LogP) is 1.49. The molecule has 0 aliphatic carbocycles. The van der Waals surface area contributed by atoms with Gasteiger partial charge in [0.2, 0.25) is 0 Å². The topological polar surface area (TPSA) is 55.8 Å². The molecule has 0 radical (unpaired) electrons. The maximum absolute atomic E-state index is 9.00. The number of rotatable bonds is 4. The Balaban J connectivity index is -0.000000173. The Kier molecular flexibility index (Phi) is 20.9. The molecule has 0 aromatic rings. The van der Waals surface area contributed by atoms with Gasteiger partial charge in [-0.2, -0.15) is 0 Å². The molecule has 13 heavy (non-hydrogen) atoms. The van der Waals surface area contributed by atoms with Gasteiger partial charge in [-0.3, -0.25) is 4.79 Å². The van der Waals surface area contributed by atoms with Crippen LogP contribution in [-0.2, 0) is 33.7 Å². The molecule has 0 aliphatic heterocycles. The van der Waals surface area contributed by atoms with Crippen molar-refractivity contribution < 1.29 is 38.9 Å². The van der Waals surface area contributed by atoms with Crippen molar-refractivity contribution in [3.05, 3.63) is 0 Å². The second-order valence-electron chi connectivity index (χ2n) is 2.00. The van der Waals surface area contributed by atoms with Gasteiger partial charge in [-0.25, -0.2) is 0 Å². The van der Waals surface area contributed by atoms with Crippen LogP contribution in [0.5, 0.6) is 0 Å². The van der Waals surface area contributed by atoms with Gasteiger partial charge < -0.3 is 14.6 Å². The van der Waals surface area contributed by atoms with Crippen LogP contribution in [0.25, 0.3) is 0 Å². The number of carboxylic acids is 1. The van der Waals surface area contributed by atoms with E-state index in [-0.39, 0.29) is 25.8 Å². The smallest absolute Gasteiger partial charge is 0.300 e. The molecular weight excluding hydrogens is 225 g/mol. The minimum absolute atomic E-state index is 0. The van der Waals surface area contributed by atoms with Crippen LogP contribution in [0.2, 0.25) is 0 Å². The molecular formula is C8H18O4Zn. The monoisotopic (exact) mass is 242 g/mol. The predicted molar refractivity (Wildman–Crippen MR) is 46.0 cm³/mol. The summed E-state index contributed by atoms with van der Waals surface area (Å²) in [5.74, 6) is -0.833. The Bertz CT molecular complexity index is 98.3. The van der Waals surface area contributed by atoms with E-state index in [2.05, 4.69) is 0 Å². The fourth-order valence-corrected chi connectivity index (χ4v) is 0.518. The molecule has 0 aromatic heterocycles. The average molecular weight is 244 g/mol. The Morgan fingerprint density at radius 2 is 1.54 bits per heavy atom. The normalized spacial score (nSPS) is 8.38. The van der Waals surface area contributed by atoms with E-state index in [0.717, 1.165) is 20.1 Å². The summed E-state index contributed by atoms with van der Waals surface area (Å²) >= 11 is 0. The van der Waals surface area contributed by atoms with Gasteiger partial charge in [0, 0.05) is 39.6 Å². The SMILES string of the molecule is CC(=O)O.CCOC(C)OCC.[Zn]. The van der Waals surface area contributed by atoms with E-state index >= 15 is 0 Å². The molecule has 0 bridgehead atoms. The summed E-state index contributed by atoms with van der Waals surface area (Å²) in [5, 5.41) is 7.42. The molecule has 0 saturated carbocycles. The number of hydrogen-bond donors (Lipinski definition) is 1. The average Bonchev–Trinajstić information content (AvgIpc) is 1.87. The van der Waals surface area contributed by atoms with Gasteiger partial charge in [0.05, 0.1) is 0 Å². The third-order valence-corrected chi connectivity index (χ3v) is 0.803. The Hall–Kier alpha value is 0.0134. The largest absolute Gasteiger partial charge is 0.481 e. The molecule has 0 amide bonds. The second-order valence-corrected chi connectivity index (χ2v) is 2.00. The van der Waals surface area contributed by atoms with Gasteiger partial charge in [-0.15, -0.1) is 0 Å². The molecule has 1 N–H and O–H groups in total. The summed E-state index contributed by atoms with van der Waals surface area (Å²) in [6.45, 7) is 8.33. The molecule has 0 heterocycles. The Morgan fingerprint density at radius 1 is 1.31 bits per heavy atom. The van der Waals surface area contributed by atoms with Gasteiger partial charge >= 0.3 is 0 Å². The summed E-state index contributed by atoms with van der Waals surface area (Å²) in [5.41, 5.74) is 0. The zero-order valence-electron chi connectivity index (χ0n) is 8.87. The fourth-order valence-electron chi connectivity index (χ4n) is 0.518. The quantitative estimate of drug-likeness (QED) is 0.600. The third-order valence-electron chi connectivity index (χ3n) is 0.803. The molecule has 4 nitrogen and oxygen atoms in total.